The molecule has 0 aromatic heterocycles. The first-order valence-corrected chi connectivity index (χ1v) is 8.89. The highest BCUT2D eigenvalue weighted by molar-refractivity contribution is 5.73. The Morgan fingerprint density at radius 3 is 2.50 bits per heavy atom. The number of nitrogens with zero attached hydrogens (tertiary/aromatic N) is 1. The van der Waals surface area contributed by atoms with Gasteiger partial charge < -0.3 is 24.4 Å². The van der Waals surface area contributed by atoms with Crippen molar-refractivity contribution < 1.29 is 36.6 Å². The predicted molar refractivity (Wildman–Crippen MR) is 101 cm³/mol. The third-order valence-corrected chi connectivity index (χ3v) is 3.93. The van der Waals surface area contributed by atoms with Crippen molar-refractivity contribution >= 4 is 6.03 Å². The van der Waals surface area contributed by atoms with Crippen molar-refractivity contribution in [2.45, 2.75) is 26.1 Å². The lowest BCUT2D eigenvalue weighted by Crippen LogP contribution is -2.36. The van der Waals surface area contributed by atoms with E-state index in [-0.39, 0.29) is 36.4 Å². The molecule has 0 aliphatic heterocycles. The Morgan fingerprint density at radius 2 is 1.83 bits per heavy atom. The van der Waals surface area contributed by atoms with E-state index >= 15 is 0 Å². The van der Waals surface area contributed by atoms with E-state index in [1.54, 1.807) is 37.4 Å². The number of benzene rings is 2. The number of rotatable bonds is 10. The normalized spacial score (nSPS) is 10.8. The van der Waals surface area contributed by atoms with E-state index in [0.717, 1.165) is 0 Å². The van der Waals surface area contributed by atoms with Gasteiger partial charge in [-0.05, 0) is 35.4 Å². The molecule has 2 rings (SSSR count). The summed E-state index contributed by atoms with van der Waals surface area (Å²) in [7, 11) is 2.89. The summed E-state index contributed by atoms with van der Waals surface area (Å²) in [5.41, 5.74) is 1.33. The van der Waals surface area contributed by atoms with Crippen LogP contribution < -0.4 is 19.5 Å². The zero-order valence-electron chi connectivity index (χ0n) is 16.4. The molecule has 2 aromatic rings. The monoisotopic (exact) mass is 430 g/mol. The van der Waals surface area contributed by atoms with Gasteiger partial charge in [-0.1, -0.05) is 18.2 Å². The molecule has 2 aromatic carbocycles. The van der Waals surface area contributed by atoms with Crippen LogP contribution in [-0.4, -0.2) is 44.7 Å². The van der Waals surface area contributed by atoms with E-state index < -0.39 is 19.6 Å². The van der Waals surface area contributed by atoms with Gasteiger partial charge in [-0.3, -0.25) is 0 Å². The minimum Gasteiger partial charge on any atom is -0.493 e. The van der Waals surface area contributed by atoms with Gasteiger partial charge in [-0.15, -0.1) is 0 Å². The molecule has 0 saturated heterocycles. The molecule has 10 heteroatoms. The summed E-state index contributed by atoms with van der Waals surface area (Å²) in [4.78, 5) is 13.7. The molecule has 0 aliphatic rings. The van der Waals surface area contributed by atoms with Crippen LogP contribution in [0, 0.1) is 0 Å². The second-order valence-corrected chi connectivity index (χ2v) is 6.23. The van der Waals surface area contributed by atoms with Crippen LogP contribution in [0.5, 0.6) is 17.2 Å². The zero-order valence-corrected chi connectivity index (χ0v) is 16.4. The summed E-state index contributed by atoms with van der Waals surface area (Å²) >= 11 is 0. The number of methoxy groups -OCH3 is 1. The summed E-state index contributed by atoms with van der Waals surface area (Å²) in [6.07, 6.45) is -2.57. The van der Waals surface area contributed by atoms with Crippen molar-refractivity contribution in [1.82, 2.24) is 10.2 Å². The van der Waals surface area contributed by atoms with Crippen LogP contribution in [0.3, 0.4) is 0 Å². The fraction of sp³-hybridized carbons (Fsp3) is 0.350. The van der Waals surface area contributed by atoms with E-state index in [0.29, 0.717) is 11.1 Å². The second-order valence-electron chi connectivity index (χ2n) is 6.23. The van der Waals surface area contributed by atoms with Gasteiger partial charge in [0.2, 0.25) is 0 Å². The van der Waals surface area contributed by atoms with Crippen molar-refractivity contribution in [3.63, 3.8) is 0 Å². The fourth-order valence-corrected chi connectivity index (χ4v) is 2.57. The molecule has 30 heavy (non-hydrogen) atoms. The summed E-state index contributed by atoms with van der Waals surface area (Å²) in [5, 5.41) is 2.71. The minimum absolute atomic E-state index is 0.0997. The number of carbonyl (C=O) groups excluding carboxylic acids is 1. The summed E-state index contributed by atoms with van der Waals surface area (Å²) < 4.78 is 63.6. The van der Waals surface area contributed by atoms with Crippen molar-refractivity contribution in [3.05, 3.63) is 53.6 Å². The first-order valence-electron chi connectivity index (χ1n) is 8.89. The molecule has 0 bridgehead atoms. The quantitative estimate of drug-likeness (QED) is 0.572. The Balaban J connectivity index is 1.91. The molecule has 0 heterocycles. The first kappa shape index (κ1) is 23.1. The average molecular weight is 430 g/mol. The molecule has 0 saturated carbocycles. The third kappa shape index (κ3) is 7.34. The number of hydrogen-bond acceptors (Lipinski definition) is 4. The topological polar surface area (TPSA) is 60.0 Å². The number of ether oxygens (including phenoxy) is 3. The third-order valence-electron chi connectivity index (χ3n) is 3.93. The Morgan fingerprint density at radius 1 is 1.07 bits per heavy atom. The van der Waals surface area contributed by atoms with Crippen molar-refractivity contribution in [1.29, 1.82) is 0 Å². The van der Waals surface area contributed by atoms with Gasteiger partial charge in [-0.25, -0.2) is 13.6 Å². The van der Waals surface area contributed by atoms with Gasteiger partial charge in [0.25, 0.3) is 6.43 Å². The molecule has 0 unspecified atom stereocenters. The number of halogens is 4. The van der Waals surface area contributed by atoms with E-state index in [1.807, 2.05) is 0 Å². The number of nitrogens with one attached hydrogen (secondary N) is 1. The maximum atomic E-state index is 12.4. The lowest BCUT2D eigenvalue weighted by Gasteiger charge is -2.19. The summed E-state index contributed by atoms with van der Waals surface area (Å²) in [6.45, 7) is -3.32. The Hall–Kier alpha value is -3.17. The Kier molecular flexibility index (Phi) is 8.57. The van der Waals surface area contributed by atoms with E-state index in [9.17, 15) is 22.4 Å². The second kappa shape index (κ2) is 11.1. The molecular weight excluding hydrogens is 408 g/mol. The predicted octanol–water partition coefficient (Wildman–Crippen LogP) is 4.28. The summed E-state index contributed by atoms with van der Waals surface area (Å²) in [6, 6.07) is 10.5. The number of hydrogen-bond donors (Lipinski definition) is 1. The smallest absolute Gasteiger partial charge is 0.387 e. The minimum atomic E-state index is -2.97. The van der Waals surface area contributed by atoms with Gasteiger partial charge in [0.15, 0.2) is 11.5 Å². The number of alkyl halides is 4. The highest BCUT2D eigenvalue weighted by atomic mass is 19.3. The first-order chi connectivity index (χ1) is 14.3. The van der Waals surface area contributed by atoms with Crippen LogP contribution in [0.15, 0.2) is 42.5 Å². The molecule has 0 spiro atoms. The molecule has 2 amide bonds. The average Bonchev–Trinajstić information content (AvgIpc) is 2.71. The molecule has 1 N–H and O–H groups in total. The standard InChI is InChI=1S/C20H22F4N2O4/c1-26(11-14-6-7-16(30-19(23)24)17(9-14)28-2)20(27)25-10-13-4-3-5-15(8-13)29-12-18(21)22/h3-9,18-19H,10-12H2,1-2H3,(H,25,27). The van der Waals surface area contributed by atoms with Crippen molar-refractivity contribution in [2.24, 2.45) is 0 Å². The molecule has 0 radical (unpaired) electrons. The van der Waals surface area contributed by atoms with Crippen LogP contribution in [0.1, 0.15) is 11.1 Å². The largest absolute Gasteiger partial charge is 0.493 e. The van der Waals surface area contributed by atoms with Crippen molar-refractivity contribution in [2.75, 3.05) is 20.8 Å². The molecule has 0 atom stereocenters. The van der Waals surface area contributed by atoms with Gasteiger partial charge in [0.1, 0.15) is 12.4 Å². The van der Waals surface area contributed by atoms with Gasteiger partial charge in [0, 0.05) is 20.1 Å². The lowest BCUT2D eigenvalue weighted by molar-refractivity contribution is -0.0512. The number of amides is 2. The number of urea groups is 1. The van der Waals surface area contributed by atoms with Crippen LogP contribution in [0.2, 0.25) is 0 Å². The van der Waals surface area contributed by atoms with Gasteiger partial charge >= 0.3 is 12.6 Å². The van der Waals surface area contributed by atoms with Crippen LogP contribution in [0.4, 0.5) is 22.4 Å². The van der Waals surface area contributed by atoms with E-state index in [2.05, 4.69) is 10.1 Å². The van der Waals surface area contributed by atoms with Crippen LogP contribution in [-0.2, 0) is 13.1 Å². The summed E-state index contributed by atoms with van der Waals surface area (Å²) in [5.74, 6) is 0.313. The van der Waals surface area contributed by atoms with Crippen LogP contribution in [0.25, 0.3) is 0 Å². The Labute approximate surface area is 171 Å². The maximum Gasteiger partial charge on any atom is 0.387 e. The van der Waals surface area contributed by atoms with Crippen molar-refractivity contribution in [3.8, 4) is 17.2 Å². The highest BCUT2D eigenvalue weighted by Gasteiger charge is 2.14. The maximum absolute atomic E-state index is 12.4. The number of carbonyl (C=O) groups is 1. The molecule has 0 fully saturated rings. The molecular formula is C20H22F4N2O4. The lowest BCUT2D eigenvalue weighted by atomic mass is 10.2. The van der Waals surface area contributed by atoms with E-state index in [1.165, 1.54) is 24.1 Å². The fourth-order valence-electron chi connectivity index (χ4n) is 2.57. The zero-order chi connectivity index (χ0) is 22.1. The SMILES string of the molecule is COc1cc(CN(C)C(=O)NCc2cccc(OCC(F)F)c2)ccc1OC(F)F. The van der Waals surface area contributed by atoms with Gasteiger partial charge in [-0.2, -0.15) is 8.78 Å². The molecule has 164 valence electrons. The van der Waals surface area contributed by atoms with Crippen LogP contribution >= 0.6 is 0 Å². The highest BCUT2D eigenvalue weighted by Crippen LogP contribution is 2.29. The molecule has 6 nitrogen and oxygen atoms in total. The van der Waals surface area contributed by atoms with Gasteiger partial charge in [0.05, 0.1) is 7.11 Å². The van der Waals surface area contributed by atoms with E-state index in [4.69, 9.17) is 9.47 Å². The Bertz CT molecular complexity index is 836. The molecule has 0 aliphatic carbocycles.